The molecule has 0 aliphatic heterocycles. The minimum atomic E-state index is 0.766. The Balaban J connectivity index is 1.95. The Morgan fingerprint density at radius 2 is 2.11 bits per heavy atom. The third-order valence-corrected chi connectivity index (χ3v) is 3.40. The first-order valence-electron chi connectivity index (χ1n) is 6.66. The highest BCUT2D eigenvalue weighted by Crippen LogP contribution is 2.25. The van der Waals surface area contributed by atoms with Crippen LogP contribution in [0.5, 0.6) is 0 Å². The highest BCUT2D eigenvalue weighted by atomic mass is 16.6. The molecule has 5 nitrogen and oxygen atoms in total. The lowest BCUT2D eigenvalue weighted by Gasteiger charge is -2.22. The molecule has 1 saturated carbocycles. The van der Waals surface area contributed by atoms with Crippen LogP contribution in [0.3, 0.4) is 0 Å². The van der Waals surface area contributed by atoms with Gasteiger partial charge in [-0.25, -0.2) is 9.97 Å². The first-order valence-corrected chi connectivity index (χ1v) is 6.66. The maximum atomic E-state index is 4.93. The molecule has 1 aromatic rings. The van der Waals surface area contributed by atoms with Crippen molar-refractivity contribution in [2.24, 2.45) is 5.92 Å². The number of hydrogen-bond acceptors (Lipinski definition) is 5. The predicted molar refractivity (Wildman–Crippen MR) is 72.5 cm³/mol. The highest BCUT2D eigenvalue weighted by molar-refractivity contribution is 5.61. The molecule has 1 aliphatic rings. The molecule has 0 bridgehead atoms. The molecule has 0 aromatic carbocycles. The van der Waals surface area contributed by atoms with Gasteiger partial charge in [0.2, 0.25) is 0 Å². The van der Waals surface area contributed by atoms with E-state index in [1.165, 1.54) is 32.1 Å². The molecule has 18 heavy (non-hydrogen) atoms. The van der Waals surface area contributed by atoms with Crippen LogP contribution in [-0.4, -0.2) is 23.6 Å². The van der Waals surface area contributed by atoms with E-state index in [1.807, 2.05) is 6.92 Å². The molecule has 2 N–H and O–H groups in total. The fourth-order valence-electron chi connectivity index (χ4n) is 2.42. The Morgan fingerprint density at radius 3 is 2.83 bits per heavy atom. The second-order valence-corrected chi connectivity index (χ2v) is 4.87. The molecule has 1 fully saturated rings. The first kappa shape index (κ1) is 13.1. The van der Waals surface area contributed by atoms with Gasteiger partial charge < -0.3 is 5.32 Å². The maximum Gasteiger partial charge on any atom is 0.155 e. The molecule has 2 rings (SSSR count). The summed E-state index contributed by atoms with van der Waals surface area (Å²) < 4.78 is 0. The molecule has 0 saturated heterocycles. The maximum absolute atomic E-state index is 4.93. The van der Waals surface area contributed by atoms with Gasteiger partial charge >= 0.3 is 0 Å². The average Bonchev–Trinajstić information content (AvgIpc) is 2.40. The van der Waals surface area contributed by atoms with Gasteiger partial charge in [0.25, 0.3) is 0 Å². The smallest absolute Gasteiger partial charge is 0.155 e. The molecule has 0 radical (unpaired) electrons. The van der Waals surface area contributed by atoms with E-state index in [-0.39, 0.29) is 0 Å². The van der Waals surface area contributed by atoms with Gasteiger partial charge in [-0.3, -0.25) is 10.3 Å². The normalized spacial score (nSPS) is 16.6. The van der Waals surface area contributed by atoms with Crippen LogP contribution in [0, 0.1) is 12.8 Å². The summed E-state index contributed by atoms with van der Waals surface area (Å²) in [5.74, 6) is 2.36. The molecule has 0 atom stereocenters. The number of aromatic nitrogens is 2. The van der Waals surface area contributed by atoms with Crippen molar-refractivity contribution in [3.05, 3.63) is 12.0 Å². The molecule has 1 aromatic heterocycles. The van der Waals surface area contributed by atoms with E-state index < -0.39 is 0 Å². The number of rotatable bonds is 5. The van der Waals surface area contributed by atoms with Crippen molar-refractivity contribution in [3.8, 4) is 0 Å². The summed E-state index contributed by atoms with van der Waals surface area (Å²) in [4.78, 5) is 13.5. The van der Waals surface area contributed by atoms with Crippen LogP contribution in [0.2, 0.25) is 0 Å². The lowest BCUT2D eigenvalue weighted by Crippen LogP contribution is -2.18. The molecule has 1 heterocycles. The van der Waals surface area contributed by atoms with Gasteiger partial charge in [-0.15, -0.1) is 0 Å². The third-order valence-electron chi connectivity index (χ3n) is 3.40. The number of anilines is 2. The van der Waals surface area contributed by atoms with Crippen LogP contribution in [0.1, 0.15) is 37.9 Å². The number of nitrogens with zero attached hydrogens (tertiary/aromatic N) is 2. The van der Waals surface area contributed by atoms with Crippen molar-refractivity contribution < 1.29 is 4.84 Å². The molecule has 5 heteroatoms. The Morgan fingerprint density at radius 1 is 1.33 bits per heavy atom. The second-order valence-electron chi connectivity index (χ2n) is 4.87. The van der Waals surface area contributed by atoms with Gasteiger partial charge in [0, 0.05) is 6.54 Å². The zero-order valence-corrected chi connectivity index (χ0v) is 11.2. The minimum absolute atomic E-state index is 0.766. The minimum Gasteiger partial charge on any atom is -0.368 e. The Bertz CT molecular complexity index is 377. The van der Waals surface area contributed by atoms with E-state index in [4.69, 9.17) is 4.84 Å². The highest BCUT2D eigenvalue weighted by Gasteiger charge is 2.14. The van der Waals surface area contributed by atoms with Crippen LogP contribution >= 0.6 is 0 Å². The van der Waals surface area contributed by atoms with Gasteiger partial charge in [-0.1, -0.05) is 19.3 Å². The second kappa shape index (κ2) is 6.54. The molecule has 0 spiro atoms. The van der Waals surface area contributed by atoms with Crippen molar-refractivity contribution in [2.75, 3.05) is 24.5 Å². The summed E-state index contributed by atoms with van der Waals surface area (Å²) in [6.07, 6.45) is 8.50. The average molecular weight is 250 g/mol. The Hall–Kier alpha value is -1.36. The summed E-state index contributed by atoms with van der Waals surface area (Å²) >= 11 is 0. The van der Waals surface area contributed by atoms with Crippen LogP contribution < -0.4 is 10.8 Å². The van der Waals surface area contributed by atoms with Crippen LogP contribution in [0.15, 0.2) is 6.20 Å². The lowest BCUT2D eigenvalue weighted by molar-refractivity contribution is 0.271. The number of hydrogen-bond donors (Lipinski definition) is 2. The number of aryl methyl sites for hydroxylation is 1. The largest absolute Gasteiger partial charge is 0.368 e. The fraction of sp³-hybridized carbons (Fsp3) is 0.692. The topological polar surface area (TPSA) is 59.1 Å². The molecule has 0 unspecified atom stereocenters. The molecule has 0 amide bonds. The quantitative estimate of drug-likeness (QED) is 0.787. The third kappa shape index (κ3) is 3.57. The van der Waals surface area contributed by atoms with E-state index in [2.05, 4.69) is 20.8 Å². The summed E-state index contributed by atoms with van der Waals surface area (Å²) in [5.41, 5.74) is 3.59. The fourth-order valence-corrected chi connectivity index (χ4v) is 2.42. The van der Waals surface area contributed by atoms with E-state index in [1.54, 1.807) is 13.3 Å². The van der Waals surface area contributed by atoms with E-state index in [9.17, 15) is 0 Å². The van der Waals surface area contributed by atoms with Crippen molar-refractivity contribution in [2.45, 2.75) is 39.0 Å². The van der Waals surface area contributed by atoms with Gasteiger partial charge in [-0.05, 0) is 25.7 Å². The molecular weight excluding hydrogens is 228 g/mol. The zero-order valence-electron chi connectivity index (χ0n) is 11.2. The van der Waals surface area contributed by atoms with Crippen molar-refractivity contribution >= 4 is 11.5 Å². The summed E-state index contributed by atoms with van der Waals surface area (Å²) in [7, 11) is 1.59. The van der Waals surface area contributed by atoms with Crippen molar-refractivity contribution in [1.82, 2.24) is 9.97 Å². The molecule has 100 valence electrons. The van der Waals surface area contributed by atoms with Gasteiger partial charge in [-0.2, -0.15) is 0 Å². The zero-order chi connectivity index (χ0) is 12.8. The van der Waals surface area contributed by atoms with E-state index in [0.717, 1.165) is 29.8 Å². The Labute approximate surface area is 108 Å². The van der Waals surface area contributed by atoms with Gasteiger partial charge in [0.15, 0.2) is 5.82 Å². The lowest BCUT2D eigenvalue weighted by atomic mass is 9.89. The van der Waals surface area contributed by atoms with Crippen molar-refractivity contribution in [1.29, 1.82) is 0 Å². The van der Waals surface area contributed by atoms with Gasteiger partial charge in [0.05, 0.1) is 13.3 Å². The van der Waals surface area contributed by atoms with E-state index in [0.29, 0.717) is 0 Å². The van der Waals surface area contributed by atoms with E-state index >= 15 is 0 Å². The summed E-state index contributed by atoms with van der Waals surface area (Å²) in [6.45, 7) is 2.87. The molecule has 1 aliphatic carbocycles. The SMILES string of the molecule is CONc1cnc(C)nc1NCC1CCCCC1. The van der Waals surface area contributed by atoms with Crippen LogP contribution in [0.25, 0.3) is 0 Å². The summed E-state index contributed by atoms with van der Waals surface area (Å²) in [5, 5.41) is 3.42. The summed E-state index contributed by atoms with van der Waals surface area (Å²) in [6, 6.07) is 0. The first-order chi connectivity index (χ1) is 8.79. The Kier molecular flexibility index (Phi) is 4.75. The van der Waals surface area contributed by atoms with Gasteiger partial charge in [0.1, 0.15) is 11.5 Å². The molecular formula is C13H22N4O. The van der Waals surface area contributed by atoms with Crippen molar-refractivity contribution in [3.63, 3.8) is 0 Å². The standard InChI is InChI=1S/C13H22N4O/c1-10-14-9-12(17-18-2)13(16-10)15-8-11-6-4-3-5-7-11/h9,11,17H,3-8H2,1-2H3,(H,14,15,16). The van der Waals surface area contributed by atoms with Crippen LogP contribution in [-0.2, 0) is 4.84 Å². The monoisotopic (exact) mass is 250 g/mol. The van der Waals surface area contributed by atoms with Crippen LogP contribution in [0.4, 0.5) is 11.5 Å². The predicted octanol–water partition coefficient (Wildman–Crippen LogP) is 2.75. The number of nitrogens with one attached hydrogen (secondary N) is 2.